The number of halogens is 6. The van der Waals surface area contributed by atoms with Gasteiger partial charge in [-0.1, -0.05) is 12.1 Å². The Morgan fingerprint density at radius 2 is 1.70 bits per heavy atom. The summed E-state index contributed by atoms with van der Waals surface area (Å²) in [6.07, 6.45) is -7.19. The number of rotatable bonds is 9. The number of nitrogens with zero attached hydrogens (tertiary/aromatic N) is 4. The molecule has 234 valence electrons. The van der Waals surface area contributed by atoms with Gasteiger partial charge in [-0.2, -0.15) is 31.3 Å². The third-order valence-electron chi connectivity index (χ3n) is 6.94. The number of ether oxygens (including phenoxy) is 2. The number of piperazine rings is 1. The number of hydrogen-bond acceptors (Lipinski definition) is 7. The number of amidine groups is 1. The summed E-state index contributed by atoms with van der Waals surface area (Å²) in [5.74, 6) is -0.102. The van der Waals surface area contributed by atoms with Crippen molar-refractivity contribution in [2.45, 2.75) is 25.4 Å². The van der Waals surface area contributed by atoms with Gasteiger partial charge in [-0.25, -0.2) is 0 Å². The average Bonchev–Trinajstić information content (AvgIpc) is 3.31. The fourth-order valence-electron chi connectivity index (χ4n) is 4.65. The molecule has 0 radical (unpaired) electrons. The Kier molecular flexibility index (Phi) is 10.3. The van der Waals surface area contributed by atoms with Gasteiger partial charge in [-0.3, -0.25) is 9.69 Å². The number of alkyl halides is 6. The highest BCUT2D eigenvalue weighted by molar-refractivity contribution is 8.18. The first-order chi connectivity index (χ1) is 20.2. The third kappa shape index (κ3) is 8.67. The zero-order chi connectivity index (χ0) is 31.4. The Morgan fingerprint density at radius 1 is 0.977 bits per heavy atom. The predicted molar refractivity (Wildman–Crippen MR) is 153 cm³/mol. The number of benzene rings is 2. The van der Waals surface area contributed by atoms with Gasteiger partial charge in [-0.05, 0) is 81.3 Å². The molecule has 0 aromatic heterocycles. The van der Waals surface area contributed by atoms with Crippen LogP contribution in [0.25, 0.3) is 6.08 Å². The lowest BCUT2D eigenvalue weighted by molar-refractivity contribution is -0.143. The molecule has 2 aromatic rings. The lowest BCUT2D eigenvalue weighted by Crippen LogP contribution is -2.48. The summed E-state index contributed by atoms with van der Waals surface area (Å²) in [6, 6.07) is 6.02. The van der Waals surface area contributed by atoms with E-state index in [2.05, 4.69) is 33.8 Å². The fourth-order valence-corrected chi connectivity index (χ4v) is 5.61. The molecule has 0 bridgehead atoms. The van der Waals surface area contributed by atoms with Gasteiger partial charge in [-0.15, -0.1) is 0 Å². The van der Waals surface area contributed by atoms with E-state index in [9.17, 15) is 31.1 Å². The molecule has 43 heavy (non-hydrogen) atoms. The SMILES string of the molecule is COc1cc(C=C2SC(N3CCN(CCCN(C)C)CC3)=NC2=O)ccc1OCc1ccc(C(F)(F)F)cc1C(F)(F)F. The molecular formula is C29H32F6N4O3S. The molecule has 0 saturated carbocycles. The van der Waals surface area contributed by atoms with E-state index in [0.29, 0.717) is 21.7 Å². The van der Waals surface area contributed by atoms with Crippen LogP contribution in [-0.2, 0) is 23.8 Å². The first-order valence-corrected chi connectivity index (χ1v) is 14.3. The van der Waals surface area contributed by atoms with Crippen molar-refractivity contribution >= 4 is 28.9 Å². The van der Waals surface area contributed by atoms with Crippen molar-refractivity contribution in [3.05, 3.63) is 63.6 Å². The number of methoxy groups -OCH3 is 1. The summed E-state index contributed by atoms with van der Waals surface area (Å²) >= 11 is 1.28. The van der Waals surface area contributed by atoms with E-state index in [-0.39, 0.29) is 23.5 Å². The molecule has 4 rings (SSSR count). The minimum absolute atomic E-state index is 0.0736. The number of aliphatic imine (C=N–C) groups is 1. The van der Waals surface area contributed by atoms with Crippen molar-refractivity contribution in [3.8, 4) is 11.5 Å². The van der Waals surface area contributed by atoms with Crippen LogP contribution in [-0.4, -0.2) is 86.2 Å². The maximum atomic E-state index is 13.5. The third-order valence-corrected chi connectivity index (χ3v) is 7.99. The Hall–Kier alpha value is -3.23. The number of hydrogen-bond donors (Lipinski definition) is 0. The molecule has 2 aromatic carbocycles. The molecule has 2 aliphatic heterocycles. The second-order valence-corrected chi connectivity index (χ2v) is 11.4. The molecule has 0 atom stereocenters. The molecule has 2 heterocycles. The number of carbonyl (C=O) groups is 1. The van der Waals surface area contributed by atoms with Gasteiger partial charge in [0, 0.05) is 31.7 Å². The van der Waals surface area contributed by atoms with Gasteiger partial charge in [0.1, 0.15) is 6.61 Å². The molecule has 1 saturated heterocycles. The minimum atomic E-state index is -5.01. The molecule has 1 fully saturated rings. The molecule has 2 aliphatic rings. The number of thioether (sulfide) groups is 1. The van der Waals surface area contributed by atoms with E-state index in [1.165, 1.54) is 24.9 Å². The maximum Gasteiger partial charge on any atom is 0.416 e. The van der Waals surface area contributed by atoms with Crippen LogP contribution in [0, 0.1) is 0 Å². The summed E-state index contributed by atoms with van der Waals surface area (Å²) in [6.45, 7) is 4.71. The van der Waals surface area contributed by atoms with Crippen molar-refractivity contribution in [2.75, 3.05) is 60.5 Å². The normalized spacial score (nSPS) is 17.6. The van der Waals surface area contributed by atoms with Gasteiger partial charge >= 0.3 is 12.4 Å². The first-order valence-electron chi connectivity index (χ1n) is 13.5. The molecule has 0 spiro atoms. The zero-order valence-electron chi connectivity index (χ0n) is 23.9. The second-order valence-electron chi connectivity index (χ2n) is 10.4. The highest BCUT2D eigenvalue weighted by Gasteiger charge is 2.38. The zero-order valence-corrected chi connectivity index (χ0v) is 24.7. The summed E-state index contributed by atoms with van der Waals surface area (Å²) in [4.78, 5) is 23.9. The minimum Gasteiger partial charge on any atom is -0.493 e. The van der Waals surface area contributed by atoms with Crippen LogP contribution in [0.2, 0.25) is 0 Å². The van der Waals surface area contributed by atoms with Crippen LogP contribution in [0.15, 0.2) is 46.3 Å². The van der Waals surface area contributed by atoms with Crippen LogP contribution in [0.5, 0.6) is 11.5 Å². The highest BCUT2D eigenvalue weighted by atomic mass is 32.2. The Labute approximate surface area is 250 Å². The van der Waals surface area contributed by atoms with E-state index in [0.717, 1.165) is 51.8 Å². The number of carbonyl (C=O) groups excluding carboxylic acids is 1. The van der Waals surface area contributed by atoms with Gasteiger partial charge in [0.05, 0.1) is 23.1 Å². The summed E-state index contributed by atoms with van der Waals surface area (Å²) in [5, 5.41) is 0.646. The monoisotopic (exact) mass is 630 g/mol. The maximum absolute atomic E-state index is 13.5. The molecule has 1 amide bonds. The van der Waals surface area contributed by atoms with E-state index < -0.39 is 35.6 Å². The van der Waals surface area contributed by atoms with Crippen molar-refractivity contribution < 1.29 is 40.6 Å². The first kappa shape index (κ1) is 32.7. The molecule has 7 nitrogen and oxygen atoms in total. The smallest absolute Gasteiger partial charge is 0.416 e. The van der Waals surface area contributed by atoms with E-state index in [1.54, 1.807) is 18.2 Å². The number of amides is 1. The van der Waals surface area contributed by atoms with Gasteiger partial charge in [0.25, 0.3) is 5.91 Å². The molecule has 0 unspecified atom stereocenters. The van der Waals surface area contributed by atoms with Crippen LogP contribution in [0.3, 0.4) is 0 Å². The van der Waals surface area contributed by atoms with E-state index >= 15 is 0 Å². The molecule has 14 heteroatoms. The van der Waals surface area contributed by atoms with Crippen LogP contribution in [0.4, 0.5) is 26.3 Å². The Bertz CT molecular complexity index is 1370. The quantitative estimate of drug-likeness (QED) is 0.255. The largest absolute Gasteiger partial charge is 0.493 e. The molecular weight excluding hydrogens is 598 g/mol. The Morgan fingerprint density at radius 3 is 2.33 bits per heavy atom. The van der Waals surface area contributed by atoms with Crippen LogP contribution >= 0.6 is 11.8 Å². The van der Waals surface area contributed by atoms with Crippen molar-refractivity contribution in [1.29, 1.82) is 0 Å². The second kappa shape index (κ2) is 13.6. The molecule has 0 N–H and O–H groups in total. The van der Waals surface area contributed by atoms with Crippen molar-refractivity contribution in [2.24, 2.45) is 4.99 Å². The lowest BCUT2D eigenvalue weighted by atomic mass is 10.0. The van der Waals surface area contributed by atoms with Crippen LogP contribution < -0.4 is 9.47 Å². The predicted octanol–water partition coefficient (Wildman–Crippen LogP) is 5.85. The van der Waals surface area contributed by atoms with Gasteiger partial charge in [0.2, 0.25) is 0 Å². The van der Waals surface area contributed by atoms with Crippen molar-refractivity contribution in [1.82, 2.24) is 14.7 Å². The average molecular weight is 631 g/mol. The van der Waals surface area contributed by atoms with Crippen LogP contribution in [0.1, 0.15) is 28.7 Å². The highest BCUT2D eigenvalue weighted by Crippen LogP contribution is 2.39. The summed E-state index contributed by atoms with van der Waals surface area (Å²) in [7, 11) is 5.45. The fraction of sp³-hybridized carbons (Fsp3) is 0.448. The van der Waals surface area contributed by atoms with E-state index in [1.807, 2.05) is 0 Å². The summed E-state index contributed by atoms with van der Waals surface area (Å²) < 4.78 is 90.3. The van der Waals surface area contributed by atoms with E-state index in [4.69, 9.17) is 9.47 Å². The standard InChI is InChI=1S/C29H32F6N4O3S/c1-37(2)9-4-10-38-11-13-39(14-12-38)27-36-26(40)25(43-27)16-19-5-8-23(24(15-19)41-3)42-18-20-6-7-21(28(30,31)32)17-22(20)29(33,34)35/h5-8,15-17H,4,9-14,18H2,1-3H3. The van der Waals surface area contributed by atoms with Gasteiger partial charge < -0.3 is 19.3 Å². The lowest BCUT2D eigenvalue weighted by Gasteiger charge is -2.35. The topological polar surface area (TPSA) is 57.6 Å². The van der Waals surface area contributed by atoms with Crippen molar-refractivity contribution in [3.63, 3.8) is 0 Å². The summed E-state index contributed by atoms with van der Waals surface area (Å²) in [5.41, 5.74) is -2.71. The Balaban J connectivity index is 1.39. The molecule has 0 aliphatic carbocycles. The van der Waals surface area contributed by atoms with Gasteiger partial charge in [0.15, 0.2) is 16.7 Å².